The lowest BCUT2D eigenvalue weighted by Gasteiger charge is -2.03. The van der Waals surface area contributed by atoms with Crippen LogP contribution in [0, 0.1) is 12.7 Å². The van der Waals surface area contributed by atoms with Gasteiger partial charge in [-0.2, -0.15) is 0 Å². The first-order valence-electron chi connectivity index (χ1n) is 5.49. The number of rotatable bonds is 4. The first-order chi connectivity index (χ1) is 9.06. The predicted molar refractivity (Wildman–Crippen MR) is 69.9 cm³/mol. The first-order valence-corrected chi connectivity index (χ1v) is 6.48. The molecule has 98 valence electrons. The lowest BCUT2D eigenvalue weighted by Crippen LogP contribution is -2.04. The van der Waals surface area contributed by atoms with Crippen LogP contribution in [-0.2, 0) is 0 Å². The highest BCUT2D eigenvalue weighted by Crippen LogP contribution is 2.21. The molecule has 0 aliphatic heterocycles. The number of aryl methyl sites for hydroxylation is 1. The molecule has 0 bridgehead atoms. The van der Waals surface area contributed by atoms with Crippen LogP contribution in [-0.4, -0.2) is 26.6 Å². The normalized spacial score (nSPS) is 10.4. The Morgan fingerprint density at radius 1 is 1.37 bits per heavy atom. The molecule has 2 aromatic rings. The van der Waals surface area contributed by atoms with Gasteiger partial charge >= 0.3 is 0 Å². The predicted octanol–water partition coefficient (Wildman–Crippen LogP) is 2.60. The number of thioether (sulfide) groups is 1. The van der Waals surface area contributed by atoms with Crippen LogP contribution in [0.15, 0.2) is 35.7 Å². The number of nitrogens with zero attached hydrogens (tertiary/aromatic N) is 2. The lowest BCUT2D eigenvalue weighted by molar-refractivity contribution is 0.101. The van der Waals surface area contributed by atoms with Crippen molar-refractivity contribution in [2.45, 2.75) is 12.1 Å². The molecule has 0 atom stereocenters. The van der Waals surface area contributed by atoms with Crippen molar-refractivity contribution in [3.63, 3.8) is 0 Å². The van der Waals surface area contributed by atoms with Crippen molar-refractivity contribution in [2.24, 2.45) is 0 Å². The van der Waals surface area contributed by atoms with Gasteiger partial charge in [0.1, 0.15) is 11.6 Å². The van der Waals surface area contributed by atoms with E-state index in [0.717, 1.165) is 35.5 Å². The Balaban J connectivity index is 2.05. The summed E-state index contributed by atoms with van der Waals surface area (Å²) in [5, 5.41) is 9.98. The number of phenolic OH excluding ortho intramolecular Hbond substituents is 1. The number of carbonyl (C=O) groups excluding carboxylic acids is 1. The summed E-state index contributed by atoms with van der Waals surface area (Å²) in [6.45, 7) is 1.87. The summed E-state index contributed by atoms with van der Waals surface area (Å²) < 4.78 is 13.0. The number of ketones is 1. The van der Waals surface area contributed by atoms with Gasteiger partial charge in [-0.25, -0.2) is 14.4 Å². The zero-order valence-electron chi connectivity index (χ0n) is 10.1. The average molecular weight is 278 g/mol. The first kappa shape index (κ1) is 13.5. The van der Waals surface area contributed by atoms with Crippen LogP contribution in [0.5, 0.6) is 5.75 Å². The van der Waals surface area contributed by atoms with Crippen molar-refractivity contribution in [3.8, 4) is 5.75 Å². The summed E-state index contributed by atoms with van der Waals surface area (Å²) >= 11 is 1.14. The third-order valence-electron chi connectivity index (χ3n) is 2.35. The van der Waals surface area contributed by atoms with Crippen molar-refractivity contribution < 1.29 is 14.3 Å². The van der Waals surface area contributed by atoms with Crippen LogP contribution in [0.4, 0.5) is 4.39 Å². The zero-order chi connectivity index (χ0) is 13.8. The van der Waals surface area contributed by atoms with Crippen molar-refractivity contribution in [1.82, 2.24) is 9.97 Å². The Bertz CT molecular complexity index is 602. The minimum Gasteiger partial charge on any atom is -0.507 e. The van der Waals surface area contributed by atoms with Gasteiger partial charge in [0.15, 0.2) is 10.9 Å². The van der Waals surface area contributed by atoms with Crippen LogP contribution >= 0.6 is 11.8 Å². The second kappa shape index (κ2) is 5.79. The molecule has 0 spiro atoms. The molecule has 4 nitrogen and oxygen atoms in total. The van der Waals surface area contributed by atoms with E-state index in [1.165, 1.54) is 0 Å². The molecule has 0 aliphatic carbocycles. The highest BCUT2D eigenvalue weighted by Gasteiger charge is 2.13. The van der Waals surface area contributed by atoms with Crippen molar-refractivity contribution in [2.75, 3.05) is 5.75 Å². The summed E-state index contributed by atoms with van der Waals surface area (Å²) in [5.41, 5.74) is 0.901. The number of benzene rings is 1. The van der Waals surface area contributed by atoms with Crippen LogP contribution in [0.3, 0.4) is 0 Å². The van der Waals surface area contributed by atoms with E-state index in [9.17, 15) is 14.3 Å². The summed E-state index contributed by atoms with van der Waals surface area (Å²) in [5.74, 6) is -1.11. The van der Waals surface area contributed by atoms with E-state index < -0.39 is 5.82 Å². The van der Waals surface area contributed by atoms with E-state index in [4.69, 9.17) is 0 Å². The number of Topliss-reactive ketones (excluding diaryl/α,β-unsaturated/α-hetero) is 1. The third-order valence-corrected chi connectivity index (χ3v) is 3.22. The van der Waals surface area contributed by atoms with Crippen LogP contribution in [0.1, 0.15) is 15.9 Å². The summed E-state index contributed by atoms with van der Waals surface area (Å²) in [6.07, 6.45) is 3.30. The average Bonchev–Trinajstić information content (AvgIpc) is 2.40. The summed E-state index contributed by atoms with van der Waals surface area (Å²) in [6, 6.07) is 3.28. The standard InChI is InChI=1S/C13H11FN2O2S/c1-8-5-15-13(16-6-8)19-7-12(18)10-4-9(14)2-3-11(10)17/h2-6,17H,7H2,1H3. The fourth-order valence-corrected chi connectivity index (χ4v) is 2.06. The number of carbonyl (C=O) groups is 1. The van der Waals surface area contributed by atoms with Crippen molar-refractivity contribution in [1.29, 1.82) is 0 Å². The number of hydrogen-bond donors (Lipinski definition) is 1. The molecule has 0 amide bonds. The van der Waals surface area contributed by atoms with E-state index in [2.05, 4.69) is 9.97 Å². The van der Waals surface area contributed by atoms with Crippen molar-refractivity contribution in [3.05, 3.63) is 47.5 Å². The van der Waals surface area contributed by atoms with Gasteiger partial charge in [0.05, 0.1) is 11.3 Å². The number of halogens is 1. The summed E-state index contributed by atoms with van der Waals surface area (Å²) in [7, 11) is 0. The molecule has 1 heterocycles. The van der Waals surface area contributed by atoms with Gasteiger partial charge in [-0.15, -0.1) is 0 Å². The fourth-order valence-electron chi connectivity index (χ4n) is 1.39. The topological polar surface area (TPSA) is 63.1 Å². The maximum absolute atomic E-state index is 13.0. The highest BCUT2D eigenvalue weighted by molar-refractivity contribution is 7.99. The molecule has 6 heteroatoms. The highest BCUT2D eigenvalue weighted by atomic mass is 32.2. The number of phenols is 1. The maximum Gasteiger partial charge on any atom is 0.187 e. The molecule has 19 heavy (non-hydrogen) atoms. The van der Waals surface area contributed by atoms with Gasteiger partial charge in [0.25, 0.3) is 0 Å². The zero-order valence-corrected chi connectivity index (χ0v) is 10.9. The molecule has 1 aromatic carbocycles. The molecular weight excluding hydrogens is 267 g/mol. The molecule has 0 fully saturated rings. The van der Waals surface area contributed by atoms with E-state index in [1.54, 1.807) is 12.4 Å². The SMILES string of the molecule is Cc1cnc(SCC(=O)c2cc(F)ccc2O)nc1. The Morgan fingerprint density at radius 2 is 2.05 bits per heavy atom. The third kappa shape index (κ3) is 3.51. The fraction of sp³-hybridized carbons (Fsp3) is 0.154. The molecule has 1 N–H and O–H groups in total. The van der Waals surface area contributed by atoms with E-state index in [1.807, 2.05) is 6.92 Å². The largest absolute Gasteiger partial charge is 0.507 e. The van der Waals surface area contributed by atoms with E-state index in [0.29, 0.717) is 5.16 Å². The minimum absolute atomic E-state index is 0.0281. The molecular formula is C13H11FN2O2S. The molecule has 1 aromatic heterocycles. The number of hydrogen-bond acceptors (Lipinski definition) is 5. The molecule has 0 unspecified atom stereocenters. The number of aromatic nitrogens is 2. The maximum atomic E-state index is 13.0. The van der Waals surface area contributed by atoms with E-state index in [-0.39, 0.29) is 22.8 Å². The monoisotopic (exact) mass is 278 g/mol. The molecule has 0 saturated heterocycles. The van der Waals surface area contributed by atoms with Crippen molar-refractivity contribution >= 4 is 17.5 Å². The van der Waals surface area contributed by atoms with Crippen LogP contribution < -0.4 is 0 Å². The smallest absolute Gasteiger partial charge is 0.187 e. The van der Waals surface area contributed by atoms with Crippen LogP contribution in [0.25, 0.3) is 0 Å². The molecule has 0 saturated carbocycles. The van der Waals surface area contributed by atoms with E-state index >= 15 is 0 Å². The molecule has 2 rings (SSSR count). The molecule has 0 radical (unpaired) electrons. The number of aromatic hydroxyl groups is 1. The summed E-state index contributed by atoms with van der Waals surface area (Å²) in [4.78, 5) is 19.9. The minimum atomic E-state index is -0.558. The van der Waals surface area contributed by atoms with Crippen LogP contribution in [0.2, 0.25) is 0 Å². The lowest BCUT2D eigenvalue weighted by atomic mass is 10.1. The van der Waals surface area contributed by atoms with Gasteiger partial charge in [0, 0.05) is 12.4 Å². The Kier molecular flexibility index (Phi) is 4.11. The second-order valence-corrected chi connectivity index (χ2v) is 4.86. The molecule has 0 aliphatic rings. The van der Waals surface area contributed by atoms with Gasteiger partial charge in [-0.3, -0.25) is 4.79 Å². The van der Waals surface area contributed by atoms with Gasteiger partial charge in [-0.1, -0.05) is 11.8 Å². The Labute approximate surface area is 113 Å². The Morgan fingerprint density at radius 3 is 2.74 bits per heavy atom. The Hall–Kier alpha value is -1.95. The van der Waals surface area contributed by atoms with Gasteiger partial charge in [-0.05, 0) is 30.7 Å². The van der Waals surface area contributed by atoms with Gasteiger partial charge < -0.3 is 5.11 Å². The quantitative estimate of drug-likeness (QED) is 0.529. The second-order valence-electron chi connectivity index (χ2n) is 3.92. The van der Waals surface area contributed by atoms with Gasteiger partial charge in [0.2, 0.25) is 0 Å².